The fourth-order valence-electron chi connectivity index (χ4n) is 3.92. The summed E-state index contributed by atoms with van der Waals surface area (Å²) >= 11 is 1.36. The number of fused-ring (bicyclic) bond motifs is 1. The lowest BCUT2D eigenvalue weighted by Crippen LogP contribution is -2.48. The largest absolute Gasteiger partial charge is 0.342 e. The molecule has 2 aromatic carbocycles. The van der Waals surface area contributed by atoms with E-state index in [1.165, 1.54) is 16.9 Å². The molecule has 0 atom stereocenters. The Labute approximate surface area is 190 Å². The molecule has 1 aliphatic heterocycles. The number of hydrogen-bond acceptors (Lipinski definition) is 4. The fraction of sp³-hybridized carbons (Fsp3) is 0.240. The molecule has 4 aromatic rings. The number of nitrogens with one attached hydrogen (secondary N) is 2. The molecule has 7 heteroatoms. The number of thiophene rings is 1. The molecule has 0 bridgehead atoms. The summed E-state index contributed by atoms with van der Waals surface area (Å²) in [7, 11) is 0. The third-order valence-corrected chi connectivity index (χ3v) is 6.76. The van der Waals surface area contributed by atoms with Gasteiger partial charge in [0, 0.05) is 18.7 Å². The van der Waals surface area contributed by atoms with E-state index in [1.807, 2.05) is 53.9 Å². The molecular formula is C25H24N4O2S. The molecule has 5 rings (SSSR count). The SMILES string of the molecule is CC(C)c1ccc(C(=O)Nc2sccc2C(=O)N2CC(c3nc4ccccc4[nH]3)C2)cc1. The maximum atomic E-state index is 13.0. The van der Waals surface area contributed by atoms with Crippen molar-refractivity contribution in [3.8, 4) is 0 Å². The minimum Gasteiger partial charge on any atom is -0.342 e. The third kappa shape index (κ3) is 3.80. The summed E-state index contributed by atoms with van der Waals surface area (Å²) in [5.41, 5.74) is 4.25. The first kappa shape index (κ1) is 20.5. The van der Waals surface area contributed by atoms with E-state index in [0.717, 1.165) is 16.9 Å². The molecule has 0 radical (unpaired) electrons. The van der Waals surface area contributed by atoms with Gasteiger partial charge in [-0.1, -0.05) is 38.1 Å². The van der Waals surface area contributed by atoms with Crippen molar-refractivity contribution in [3.63, 3.8) is 0 Å². The number of para-hydroxylation sites is 2. The van der Waals surface area contributed by atoms with Crippen LogP contribution >= 0.6 is 11.3 Å². The molecule has 0 unspecified atom stereocenters. The van der Waals surface area contributed by atoms with Crippen molar-refractivity contribution < 1.29 is 9.59 Å². The first-order valence-electron chi connectivity index (χ1n) is 10.7. The molecule has 32 heavy (non-hydrogen) atoms. The highest BCUT2D eigenvalue weighted by molar-refractivity contribution is 7.14. The number of anilines is 1. The van der Waals surface area contributed by atoms with E-state index in [9.17, 15) is 9.59 Å². The average molecular weight is 445 g/mol. The van der Waals surface area contributed by atoms with Crippen molar-refractivity contribution in [1.29, 1.82) is 0 Å². The van der Waals surface area contributed by atoms with E-state index >= 15 is 0 Å². The average Bonchev–Trinajstić information content (AvgIpc) is 3.39. The van der Waals surface area contributed by atoms with Crippen LogP contribution in [0.25, 0.3) is 11.0 Å². The smallest absolute Gasteiger partial charge is 0.256 e. The quantitative estimate of drug-likeness (QED) is 0.442. The first-order valence-corrected chi connectivity index (χ1v) is 11.6. The number of amides is 2. The summed E-state index contributed by atoms with van der Waals surface area (Å²) in [5.74, 6) is 1.25. The number of rotatable bonds is 5. The zero-order valence-electron chi connectivity index (χ0n) is 18.0. The molecule has 1 aliphatic rings. The monoisotopic (exact) mass is 444 g/mol. The highest BCUT2D eigenvalue weighted by atomic mass is 32.1. The van der Waals surface area contributed by atoms with Crippen LogP contribution in [0.2, 0.25) is 0 Å². The number of carbonyl (C=O) groups excluding carboxylic acids is 2. The summed E-state index contributed by atoms with van der Waals surface area (Å²) in [6.45, 7) is 5.46. The maximum Gasteiger partial charge on any atom is 0.256 e. The topological polar surface area (TPSA) is 78.1 Å². The fourth-order valence-corrected chi connectivity index (χ4v) is 4.70. The van der Waals surface area contributed by atoms with Gasteiger partial charge in [0.05, 0.1) is 22.5 Å². The van der Waals surface area contributed by atoms with Gasteiger partial charge in [-0.05, 0) is 47.2 Å². The van der Waals surface area contributed by atoms with Crippen LogP contribution in [0.15, 0.2) is 60.0 Å². The number of aromatic nitrogens is 2. The number of likely N-dealkylation sites (tertiary alicyclic amines) is 1. The standard InChI is InChI=1S/C25H24N4O2S/c1-15(2)16-7-9-17(10-8-16)23(30)28-24-19(11-12-32-24)25(31)29-13-18(14-29)22-26-20-5-3-4-6-21(20)27-22/h3-12,15,18H,13-14H2,1-2H3,(H,26,27)(H,28,30). The maximum absolute atomic E-state index is 13.0. The molecule has 0 saturated carbocycles. The van der Waals surface area contributed by atoms with Crippen LogP contribution in [0.4, 0.5) is 5.00 Å². The van der Waals surface area contributed by atoms with E-state index in [2.05, 4.69) is 29.1 Å². The molecule has 1 fully saturated rings. The Morgan fingerprint density at radius 2 is 1.84 bits per heavy atom. The van der Waals surface area contributed by atoms with E-state index in [4.69, 9.17) is 0 Å². The van der Waals surface area contributed by atoms with Crippen LogP contribution in [0.5, 0.6) is 0 Å². The Kier molecular flexibility index (Phi) is 5.27. The van der Waals surface area contributed by atoms with Gasteiger partial charge in [-0.2, -0.15) is 0 Å². The summed E-state index contributed by atoms with van der Waals surface area (Å²) in [6.07, 6.45) is 0. The van der Waals surface area contributed by atoms with Gasteiger partial charge >= 0.3 is 0 Å². The van der Waals surface area contributed by atoms with Crippen LogP contribution in [0.3, 0.4) is 0 Å². The number of aromatic amines is 1. The van der Waals surface area contributed by atoms with Crippen molar-refractivity contribution in [1.82, 2.24) is 14.9 Å². The number of carbonyl (C=O) groups is 2. The van der Waals surface area contributed by atoms with Crippen LogP contribution in [-0.4, -0.2) is 39.8 Å². The predicted molar refractivity (Wildman–Crippen MR) is 128 cm³/mol. The first-order chi connectivity index (χ1) is 15.5. The highest BCUT2D eigenvalue weighted by Gasteiger charge is 2.35. The second-order valence-electron chi connectivity index (χ2n) is 8.44. The van der Waals surface area contributed by atoms with Gasteiger partial charge < -0.3 is 15.2 Å². The van der Waals surface area contributed by atoms with Gasteiger partial charge in [0.2, 0.25) is 0 Å². The molecule has 2 aromatic heterocycles. The zero-order chi connectivity index (χ0) is 22.2. The van der Waals surface area contributed by atoms with E-state index in [0.29, 0.717) is 35.1 Å². The molecule has 2 amide bonds. The Hall–Kier alpha value is -3.45. The Morgan fingerprint density at radius 1 is 1.09 bits per heavy atom. The lowest BCUT2D eigenvalue weighted by molar-refractivity contribution is 0.0597. The predicted octanol–water partition coefficient (Wildman–Crippen LogP) is 5.24. The number of H-pyrrole nitrogens is 1. The molecule has 0 aliphatic carbocycles. The highest BCUT2D eigenvalue weighted by Crippen LogP contribution is 2.31. The zero-order valence-corrected chi connectivity index (χ0v) is 18.8. The van der Waals surface area contributed by atoms with E-state index < -0.39 is 0 Å². The summed E-state index contributed by atoms with van der Waals surface area (Å²) in [5, 5.41) is 5.33. The summed E-state index contributed by atoms with van der Waals surface area (Å²) in [6, 6.07) is 17.3. The Morgan fingerprint density at radius 3 is 2.56 bits per heavy atom. The Bertz CT molecular complexity index is 1250. The van der Waals surface area contributed by atoms with Gasteiger partial charge in [0.15, 0.2) is 0 Å². The molecule has 3 heterocycles. The molecule has 1 saturated heterocycles. The summed E-state index contributed by atoms with van der Waals surface area (Å²) in [4.78, 5) is 35.6. The van der Waals surface area contributed by atoms with Crippen LogP contribution in [-0.2, 0) is 0 Å². The molecular weight excluding hydrogens is 420 g/mol. The second kappa shape index (κ2) is 8.24. The van der Waals surface area contributed by atoms with Crippen molar-refractivity contribution in [2.75, 3.05) is 18.4 Å². The normalized spacial score (nSPS) is 14.0. The lowest BCUT2D eigenvalue weighted by Gasteiger charge is -2.38. The van der Waals surface area contributed by atoms with Crippen molar-refractivity contribution >= 4 is 39.2 Å². The van der Waals surface area contributed by atoms with Crippen LogP contribution in [0.1, 0.15) is 57.8 Å². The van der Waals surface area contributed by atoms with Crippen LogP contribution in [0, 0.1) is 0 Å². The van der Waals surface area contributed by atoms with E-state index in [1.54, 1.807) is 11.0 Å². The number of nitrogens with zero attached hydrogens (tertiary/aromatic N) is 2. The molecule has 0 spiro atoms. The van der Waals surface area contributed by atoms with Gasteiger partial charge in [-0.3, -0.25) is 9.59 Å². The van der Waals surface area contributed by atoms with Gasteiger partial charge in [-0.15, -0.1) is 11.3 Å². The van der Waals surface area contributed by atoms with Gasteiger partial charge in [0.25, 0.3) is 11.8 Å². The number of hydrogen-bond donors (Lipinski definition) is 2. The minimum atomic E-state index is -0.208. The number of imidazole rings is 1. The van der Waals surface area contributed by atoms with E-state index in [-0.39, 0.29) is 17.7 Å². The lowest BCUT2D eigenvalue weighted by atomic mass is 9.98. The molecule has 2 N–H and O–H groups in total. The Balaban J connectivity index is 1.24. The second-order valence-corrected chi connectivity index (χ2v) is 9.36. The van der Waals surface area contributed by atoms with Crippen molar-refractivity contribution in [3.05, 3.63) is 82.5 Å². The summed E-state index contributed by atoms with van der Waals surface area (Å²) < 4.78 is 0. The van der Waals surface area contributed by atoms with Gasteiger partial charge in [0.1, 0.15) is 10.8 Å². The van der Waals surface area contributed by atoms with Crippen molar-refractivity contribution in [2.45, 2.75) is 25.7 Å². The van der Waals surface area contributed by atoms with Gasteiger partial charge in [-0.25, -0.2) is 4.98 Å². The van der Waals surface area contributed by atoms with Crippen LogP contribution < -0.4 is 5.32 Å². The van der Waals surface area contributed by atoms with Crippen molar-refractivity contribution in [2.24, 2.45) is 0 Å². The molecule has 6 nitrogen and oxygen atoms in total. The number of benzene rings is 2. The third-order valence-electron chi connectivity index (χ3n) is 5.93. The molecule has 162 valence electrons. The minimum absolute atomic E-state index is 0.0657.